The van der Waals surface area contributed by atoms with Crippen LogP contribution in [0.4, 0.5) is 10.7 Å². The van der Waals surface area contributed by atoms with Crippen molar-refractivity contribution in [1.29, 1.82) is 0 Å². The predicted molar refractivity (Wildman–Crippen MR) is 87.6 cm³/mol. The molecule has 1 heterocycles. The number of hydrogen-bond donors (Lipinski definition) is 2. The number of nitrogens with zero attached hydrogens (tertiary/aromatic N) is 2. The van der Waals surface area contributed by atoms with Gasteiger partial charge < -0.3 is 20.1 Å². The molecular weight excluding hydrogens is 296 g/mol. The molecule has 2 rings (SSSR count). The van der Waals surface area contributed by atoms with Gasteiger partial charge >= 0.3 is 6.09 Å². The van der Waals surface area contributed by atoms with Crippen LogP contribution >= 0.6 is 0 Å². The molecule has 7 heteroatoms. The van der Waals surface area contributed by atoms with Gasteiger partial charge in [0.2, 0.25) is 11.8 Å². The number of hydrogen-bond acceptors (Lipinski definition) is 6. The van der Waals surface area contributed by atoms with Gasteiger partial charge in [0.05, 0.1) is 0 Å². The zero-order valence-corrected chi connectivity index (χ0v) is 14.3. The van der Waals surface area contributed by atoms with Gasteiger partial charge in [-0.15, -0.1) is 0 Å². The Morgan fingerprint density at radius 1 is 1.26 bits per heavy atom. The van der Waals surface area contributed by atoms with Crippen LogP contribution in [0.15, 0.2) is 12.3 Å². The number of alkyl carbamates (subject to hydrolysis) is 1. The molecule has 1 amide bonds. The van der Waals surface area contributed by atoms with Crippen molar-refractivity contribution in [3.63, 3.8) is 0 Å². The van der Waals surface area contributed by atoms with Crippen molar-refractivity contribution in [3.8, 4) is 5.88 Å². The molecule has 23 heavy (non-hydrogen) atoms. The molecule has 0 unspecified atom stereocenters. The number of nitrogens with one attached hydrogen (secondary N) is 2. The Labute approximate surface area is 137 Å². The maximum atomic E-state index is 11.8. The maximum Gasteiger partial charge on any atom is 0.407 e. The number of rotatable bonds is 4. The summed E-state index contributed by atoms with van der Waals surface area (Å²) in [6.07, 6.45) is 4.92. The molecule has 0 radical (unpaired) electrons. The maximum absolute atomic E-state index is 11.8. The standard InChI is InChI=1S/C16H26N4O3/c1-16(2,3)23-15(21)19-11-5-7-12(8-6-11)22-13-9-10-18-14(17-4)20-13/h9-12H,5-8H2,1-4H3,(H,19,21)(H,17,18,20)/t11-,12-. The molecule has 0 atom stereocenters. The summed E-state index contributed by atoms with van der Waals surface area (Å²) < 4.78 is 11.2. The summed E-state index contributed by atoms with van der Waals surface area (Å²) in [5.41, 5.74) is -0.470. The van der Waals surface area contributed by atoms with Crippen molar-refractivity contribution in [2.24, 2.45) is 0 Å². The van der Waals surface area contributed by atoms with E-state index >= 15 is 0 Å². The van der Waals surface area contributed by atoms with Gasteiger partial charge in [-0.3, -0.25) is 0 Å². The Hall–Kier alpha value is -2.05. The molecular formula is C16H26N4O3. The largest absolute Gasteiger partial charge is 0.474 e. The predicted octanol–water partition coefficient (Wildman–Crippen LogP) is 2.73. The third-order valence-corrected chi connectivity index (χ3v) is 3.54. The Morgan fingerprint density at radius 3 is 2.57 bits per heavy atom. The Morgan fingerprint density at radius 2 is 1.96 bits per heavy atom. The monoisotopic (exact) mass is 322 g/mol. The number of anilines is 1. The molecule has 128 valence electrons. The lowest BCUT2D eigenvalue weighted by Crippen LogP contribution is -2.42. The van der Waals surface area contributed by atoms with Crippen LogP contribution in [0.2, 0.25) is 0 Å². The summed E-state index contributed by atoms with van der Waals surface area (Å²) in [4.78, 5) is 20.1. The molecule has 1 saturated carbocycles. The Bertz CT molecular complexity index is 522. The highest BCUT2D eigenvalue weighted by molar-refractivity contribution is 5.68. The Kier molecular flexibility index (Phi) is 5.63. The molecule has 0 saturated heterocycles. The zero-order chi connectivity index (χ0) is 16.9. The summed E-state index contributed by atoms with van der Waals surface area (Å²) in [7, 11) is 1.77. The first-order valence-corrected chi connectivity index (χ1v) is 8.02. The summed E-state index contributed by atoms with van der Waals surface area (Å²) >= 11 is 0. The minimum Gasteiger partial charge on any atom is -0.474 e. The lowest BCUT2D eigenvalue weighted by Gasteiger charge is -2.30. The van der Waals surface area contributed by atoms with Gasteiger partial charge in [0.1, 0.15) is 11.7 Å². The van der Waals surface area contributed by atoms with E-state index in [1.54, 1.807) is 19.3 Å². The molecule has 7 nitrogen and oxygen atoms in total. The fourth-order valence-electron chi connectivity index (χ4n) is 2.50. The van der Waals surface area contributed by atoms with Crippen molar-refractivity contribution in [3.05, 3.63) is 12.3 Å². The third kappa shape index (κ3) is 5.92. The van der Waals surface area contributed by atoms with Crippen LogP contribution in [-0.4, -0.2) is 40.9 Å². The lowest BCUT2D eigenvalue weighted by atomic mass is 9.93. The topological polar surface area (TPSA) is 85.4 Å². The summed E-state index contributed by atoms with van der Waals surface area (Å²) in [6, 6.07) is 1.90. The molecule has 0 aliphatic heterocycles. The van der Waals surface area contributed by atoms with E-state index in [4.69, 9.17) is 9.47 Å². The fraction of sp³-hybridized carbons (Fsp3) is 0.688. The molecule has 1 aliphatic rings. The number of carbonyl (C=O) groups is 1. The number of ether oxygens (including phenoxy) is 2. The first-order chi connectivity index (χ1) is 10.9. The van der Waals surface area contributed by atoms with Crippen LogP contribution in [0.1, 0.15) is 46.5 Å². The first-order valence-electron chi connectivity index (χ1n) is 8.02. The number of amides is 1. The van der Waals surface area contributed by atoms with E-state index < -0.39 is 5.60 Å². The van der Waals surface area contributed by atoms with Gasteiger partial charge in [-0.2, -0.15) is 4.98 Å². The first kappa shape index (κ1) is 17.3. The van der Waals surface area contributed by atoms with Crippen molar-refractivity contribution >= 4 is 12.0 Å². The van der Waals surface area contributed by atoms with E-state index in [1.165, 1.54) is 0 Å². The number of carbonyl (C=O) groups excluding carboxylic acids is 1. The minimum absolute atomic E-state index is 0.117. The highest BCUT2D eigenvalue weighted by Crippen LogP contribution is 2.23. The highest BCUT2D eigenvalue weighted by Gasteiger charge is 2.25. The molecule has 0 bridgehead atoms. The summed E-state index contributed by atoms with van der Waals surface area (Å²) in [5, 5.41) is 5.81. The summed E-state index contributed by atoms with van der Waals surface area (Å²) in [5.74, 6) is 1.12. The van der Waals surface area contributed by atoms with Gasteiger partial charge in [-0.1, -0.05) is 0 Å². The van der Waals surface area contributed by atoms with Crippen molar-refractivity contribution in [2.45, 2.75) is 64.2 Å². The van der Waals surface area contributed by atoms with Gasteiger partial charge in [0, 0.05) is 25.4 Å². The molecule has 1 aliphatic carbocycles. The number of aromatic nitrogens is 2. The fourth-order valence-corrected chi connectivity index (χ4v) is 2.50. The molecule has 1 fully saturated rings. The summed E-state index contributed by atoms with van der Waals surface area (Å²) in [6.45, 7) is 5.58. The van der Waals surface area contributed by atoms with Crippen LogP contribution in [-0.2, 0) is 4.74 Å². The van der Waals surface area contributed by atoms with E-state index in [0.29, 0.717) is 11.8 Å². The van der Waals surface area contributed by atoms with E-state index in [2.05, 4.69) is 20.6 Å². The van der Waals surface area contributed by atoms with E-state index in [9.17, 15) is 4.79 Å². The molecule has 2 N–H and O–H groups in total. The highest BCUT2D eigenvalue weighted by atomic mass is 16.6. The van der Waals surface area contributed by atoms with Crippen LogP contribution in [0, 0.1) is 0 Å². The van der Waals surface area contributed by atoms with Crippen molar-refractivity contribution < 1.29 is 14.3 Å². The van der Waals surface area contributed by atoms with E-state index in [-0.39, 0.29) is 18.2 Å². The van der Waals surface area contributed by atoms with Gasteiger partial charge in [0.25, 0.3) is 0 Å². The second kappa shape index (κ2) is 7.48. The van der Waals surface area contributed by atoms with Crippen LogP contribution < -0.4 is 15.4 Å². The lowest BCUT2D eigenvalue weighted by molar-refractivity contribution is 0.0469. The molecule has 1 aromatic rings. The van der Waals surface area contributed by atoms with Crippen molar-refractivity contribution in [2.75, 3.05) is 12.4 Å². The quantitative estimate of drug-likeness (QED) is 0.886. The van der Waals surface area contributed by atoms with Crippen LogP contribution in [0.25, 0.3) is 0 Å². The third-order valence-electron chi connectivity index (χ3n) is 3.54. The minimum atomic E-state index is -0.470. The molecule has 0 aromatic carbocycles. The van der Waals surface area contributed by atoms with Gasteiger partial charge in [-0.05, 0) is 46.5 Å². The second-order valence-electron chi connectivity index (χ2n) is 6.71. The van der Waals surface area contributed by atoms with E-state index in [1.807, 2.05) is 20.8 Å². The van der Waals surface area contributed by atoms with Gasteiger partial charge in [-0.25, -0.2) is 9.78 Å². The van der Waals surface area contributed by atoms with Gasteiger partial charge in [0.15, 0.2) is 0 Å². The molecule has 1 aromatic heterocycles. The normalized spacial score (nSPS) is 21.4. The SMILES string of the molecule is CNc1nccc(O[C@H]2CC[C@H](NC(=O)OC(C)(C)C)CC2)n1. The zero-order valence-electron chi connectivity index (χ0n) is 14.3. The second-order valence-corrected chi connectivity index (χ2v) is 6.71. The van der Waals surface area contributed by atoms with Crippen molar-refractivity contribution in [1.82, 2.24) is 15.3 Å². The smallest absolute Gasteiger partial charge is 0.407 e. The molecule has 0 spiro atoms. The Balaban J connectivity index is 1.76. The average Bonchev–Trinajstić information content (AvgIpc) is 2.47. The van der Waals surface area contributed by atoms with Crippen LogP contribution in [0.3, 0.4) is 0 Å². The van der Waals surface area contributed by atoms with Crippen LogP contribution in [0.5, 0.6) is 5.88 Å². The van der Waals surface area contributed by atoms with E-state index in [0.717, 1.165) is 25.7 Å². The average molecular weight is 322 g/mol.